The van der Waals surface area contributed by atoms with Crippen molar-refractivity contribution >= 4 is 17.6 Å². The van der Waals surface area contributed by atoms with Crippen LogP contribution in [0.5, 0.6) is 0 Å². The number of hydrogen-bond donors (Lipinski definition) is 2. The molecule has 1 rings (SSSR count). The molecule has 98 valence electrons. The lowest BCUT2D eigenvalue weighted by Gasteiger charge is -2.12. The summed E-state index contributed by atoms with van der Waals surface area (Å²) in [5.74, 6) is -1.89. The predicted octanol–water partition coefficient (Wildman–Crippen LogP) is 0.963. The van der Waals surface area contributed by atoms with E-state index >= 15 is 0 Å². The van der Waals surface area contributed by atoms with Gasteiger partial charge < -0.3 is 15.8 Å². The first kappa shape index (κ1) is 14.1. The third-order valence-electron chi connectivity index (χ3n) is 2.27. The first-order chi connectivity index (χ1) is 8.45. The average molecular weight is 254 g/mol. The summed E-state index contributed by atoms with van der Waals surface area (Å²) in [6.07, 6.45) is 0. The van der Waals surface area contributed by atoms with Crippen molar-refractivity contribution in [2.45, 2.75) is 19.9 Å². The predicted molar refractivity (Wildman–Crippen MR) is 64.4 cm³/mol. The Balaban J connectivity index is 2.72. The Hall–Kier alpha value is -1.95. The number of nitrogens with one attached hydrogen (secondary N) is 1. The number of amides is 1. The monoisotopic (exact) mass is 254 g/mol. The molecule has 3 N–H and O–H groups in total. The van der Waals surface area contributed by atoms with E-state index < -0.39 is 23.7 Å². The largest absolute Gasteiger partial charge is 0.464 e. The van der Waals surface area contributed by atoms with Crippen molar-refractivity contribution in [2.75, 3.05) is 11.9 Å². The molecule has 0 fully saturated rings. The smallest absolute Gasteiger partial charge is 0.332 e. The molecule has 0 radical (unpaired) electrons. The Morgan fingerprint density at radius 2 is 2.17 bits per heavy atom. The zero-order chi connectivity index (χ0) is 13.7. The van der Waals surface area contributed by atoms with E-state index in [-0.39, 0.29) is 6.61 Å². The van der Waals surface area contributed by atoms with Gasteiger partial charge in [0.15, 0.2) is 6.04 Å². The molecule has 0 aromatic heterocycles. The molecule has 0 saturated heterocycles. The molecule has 0 spiro atoms. The fourth-order valence-corrected chi connectivity index (χ4v) is 1.32. The second kappa shape index (κ2) is 6.11. The summed E-state index contributed by atoms with van der Waals surface area (Å²) >= 11 is 0. The van der Waals surface area contributed by atoms with Gasteiger partial charge in [-0.05, 0) is 37.6 Å². The first-order valence-corrected chi connectivity index (χ1v) is 5.45. The van der Waals surface area contributed by atoms with Crippen molar-refractivity contribution in [3.63, 3.8) is 0 Å². The Bertz CT molecular complexity index is 463. The molecule has 0 bridgehead atoms. The van der Waals surface area contributed by atoms with Crippen LogP contribution in [-0.2, 0) is 14.3 Å². The van der Waals surface area contributed by atoms with Crippen molar-refractivity contribution in [1.29, 1.82) is 0 Å². The number of aryl methyl sites for hydroxylation is 1. The van der Waals surface area contributed by atoms with E-state index in [1.165, 1.54) is 18.2 Å². The fourth-order valence-electron chi connectivity index (χ4n) is 1.32. The number of carbonyl (C=O) groups is 2. The van der Waals surface area contributed by atoms with Gasteiger partial charge in [-0.3, -0.25) is 4.79 Å². The van der Waals surface area contributed by atoms with Crippen LogP contribution >= 0.6 is 0 Å². The first-order valence-electron chi connectivity index (χ1n) is 5.45. The van der Waals surface area contributed by atoms with Crippen LogP contribution in [0.2, 0.25) is 0 Å². The van der Waals surface area contributed by atoms with E-state index in [1.54, 1.807) is 13.8 Å². The van der Waals surface area contributed by atoms with Crippen molar-refractivity contribution in [2.24, 2.45) is 5.73 Å². The Labute approximate surface area is 104 Å². The summed E-state index contributed by atoms with van der Waals surface area (Å²) in [6, 6.07) is 2.49. The van der Waals surface area contributed by atoms with Gasteiger partial charge in [-0.2, -0.15) is 0 Å². The lowest BCUT2D eigenvalue weighted by Crippen LogP contribution is -2.43. The Morgan fingerprint density at radius 1 is 1.50 bits per heavy atom. The molecular formula is C12H15FN2O3. The number of carbonyl (C=O) groups excluding carboxylic acids is 2. The molecule has 0 aliphatic heterocycles. The third-order valence-corrected chi connectivity index (χ3v) is 2.27. The number of benzene rings is 1. The minimum absolute atomic E-state index is 0.148. The number of anilines is 1. The fraction of sp³-hybridized carbons (Fsp3) is 0.333. The molecule has 1 aromatic carbocycles. The van der Waals surface area contributed by atoms with E-state index in [2.05, 4.69) is 10.1 Å². The van der Waals surface area contributed by atoms with Gasteiger partial charge in [0.05, 0.1) is 6.61 Å². The van der Waals surface area contributed by atoms with Crippen LogP contribution in [0.3, 0.4) is 0 Å². The van der Waals surface area contributed by atoms with Crippen molar-refractivity contribution in [1.82, 2.24) is 0 Å². The van der Waals surface area contributed by atoms with Gasteiger partial charge in [-0.25, -0.2) is 9.18 Å². The minimum Gasteiger partial charge on any atom is -0.464 e. The lowest BCUT2D eigenvalue weighted by molar-refractivity contribution is -0.146. The molecule has 1 atom stereocenters. The van der Waals surface area contributed by atoms with Gasteiger partial charge >= 0.3 is 5.97 Å². The summed E-state index contributed by atoms with van der Waals surface area (Å²) in [5.41, 5.74) is 6.36. The maximum atomic E-state index is 12.9. The van der Waals surface area contributed by atoms with E-state index in [4.69, 9.17) is 5.73 Å². The average Bonchev–Trinajstić information content (AvgIpc) is 2.32. The van der Waals surface area contributed by atoms with Gasteiger partial charge in [0.2, 0.25) is 0 Å². The highest BCUT2D eigenvalue weighted by atomic mass is 19.1. The molecule has 0 heterocycles. The number of halogens is 1. The summed E-state index contributed by atoms with van der Waals surface area (Å²) in [5, 5.41) is 2.45. The molecule has 1 unspecified atom stereocenters. The van der Waals surface area contributed by atoms with E-state index in [9.17, 15) is 14.0 Å². The molecule has 18 heavy (non-hydrogen) atoms. The second-order valence-corrected chi connectivity index (χ2v) is 3.68. The number of nitrogens with two attached hydrogens (primary N) is 1. The molecule has 0 saturated carbocycles. The second-order valence-electron chi connectivity index (χ2n) is 3.68. The third kappa shape index (κ3) is 3.53. The number of rotatable bonds is 4. The molecule has 0 aliphatic carbocycles. The van der Waals surface area contributed by atoms with E-state index in [1.807, 2.05) is 0 Å². The molecule has 0 aliphatic rings. The minimum atomic E-state index is -1.39. The molecule has 6 heteroatoms. The Morgan fingerprint density at radius 3 is 2.72 bits per heavy atom. The van der Waals surface area contributed by atoms with Crippen LogP contribution in [0.4, 0.5) is 10.1 Å². The van der Waals surface area contributed by atoms with Gasteiger partial charge in [-0.1, -0.05) is 0 Å². The van der Waals surface area contributed by atoms with Crippen LogP contribution < -0.4 is 11.1 Å². The van der Waals surface area contributed by atoms with Crippen LogP contribution in [0.1, 0.15) is 12.5 Å². The van der Waals surface area contributed by atoms with Gasteiger partial charge in [0, 0.05) is 5.69 Å². The zero-order valence-corrected chi connectivity index (χ0v) is 10.2. The summed E-state index contributed by atoms with van der Waals surface area (Å²) in [7, 11) is 0. The number of hydrogen-bond acceptors (Lipinski definition) is 4. The molecule has 1 aromatic rings. The molecule has 1 amide bonds. The van der Waals surface area contributed by atoms with Crippen LogP contribution in [0.15, 0.2) is 18.2 Å². The van der Waals surface area contributed by atoms with Crippen molar-refractivity contribution in [3.05, 3.63) is 29.6 Å². The number of ether oxygens (including phenoxy) is 1. The van der Waals surface area contributed by atoms with Crippen LogP contribution in [-0.4, -0.2) is 24.5 Å². The Kier molecular flexibility index (Phi) is 4.79. The SMILES string of the molecule is CCOC(=O)C(N)C(=O)Nc1ccc(F)cc1C. The summed E-state index contributed by atoms with van der Waals surface area (Å²) < 4.78 is 17.5. The lowest BCUT2D eigenvalue weighted by atomic mass is 10.2. The standard InChI is InChI=1S/C12H15FN2O3/c1-3-18-12(17)10(14)11(16)15-9-5-4-8(13)6-7(9)2/h4-6,10H,3,14H2,1-2H3,(H,15,16). The molecular weight excluding hydrogens is 239 g/mol. The maximum Gasteiger partial charge on any atom is 0.332 e. The summed E-state index contributed by atoms with van der Waals surface area (Å²) in [4.78, 5) is 22.9. The molecule has 5 nitrogen and oxygen atoms in total. The zero-order valence-electron chi connectivity index (χ0n) is 10.2. The number of esters is 1. The van der Waals surface area contributed by atoms with Crippen LogP contribution in [0.25, 0.3) is 0 Å². The highest BCUT2D eigenvalue weighted by molar-refractivity contribution is 6.08. The van der Waals surface area contributed by atoms with Crippen molar-refractivity contribution in [3.8, 4) is 0 Å². The van der Waals surface area contributed by atoms with Crippen LogP contribution in [0, 0.1) is 12.7 Å². The summed E-state index contributed by atoms with van der Waals surface area (Å²) in [6.45, 7) is 3.40. The van der Waals surface area contributed by atoms with Crippen molar-refractivity contribution < 1.29 is 18.7 Å². The van der Waals surface area contributed by atoms with Gasteiger partial charge in [0.1, 0.15) is 5.82 Å². The van der Waals surface area contributed by atoms with E-state index in [0.29, 0.717) is 11.3 Å². The maximum absolute atomic E-state index is 12.9. The van der Waals surface area contributed by atoms with Gasteiger partial charge in [-0.15, -0.1) is 0 Å². The normalized spacial score (nSPS) is 11.8. The topological polar surface area (TPSA) is 81.4 Å². The highest BCUT2D eigenvalue weighted by Gasteiger charge is 2.23. The van der Waals surface area contributed by atoms with Gasteiger partial charge in [0.25, 0.3) is 5.91 Å². The highest BCUT2D eigenvalue weighted by Crippen LogP contribution is 2.15. The quantitative estimate of drug-likeness (QED) is 0.619. The van der Waals surface area contributed by atoms with E-state index in [0.717, 1.165) is 0 Å².